The Kier molecular flexibility index (Phi) is 6.37. The maximum atomic E-state index is 6.42. The first-order valence-corrected chi connectivity index (χ1v) is 10.1. The third-order valence-corrected chi connectivity index (χ3v) is 6.76. The van der Waals surface area contributed by atoms with E-state index in [9.17, 15) is 0 Å². The van der Waals surface area contributed by atoms with Crippen molar-refractivity contribution >= 4 is 59.4 Å². The molecule has 0 spiro atoms. The minimum atomic E-state index is -0.0111. The first-order chi connectivity index (χ1) is 10.0. The van der Waals surface area contributed by atoms with Crippen molar-refractivity contribution in [3.8, 4) is 0 Å². The minimum absolute atomic E-state index is 0.0111. The highest BCUT2D eigenvalue weighted by molar-refractivity contribution is 9.10. The lowest BCUT2D eigenvalue weighted by atomic mass is 9.77. The Hall–Kier alpha value is 0.170. The first-order valence-electron chi connectivity index (χ1n) is 6.64. The zero-order valence-corrected chi connectivity index (χ0v) is 17.2. The van der Waals surface area contributed by atoms with Crippen molar-refractivity contribution < 1.29 is 0 Å². The number of rotatable bonds is 5. The van der Waals surface area contributed by atoms with Crippen LogP contribution < -0.4 is 0 Å². The summed E-state index contributed by atoms with van der Waals surface area (Å²) in [5.74, 6) is 0. The molecule has 0 nitrogen and oxygen atoms in total. The van der Waals surface area contributed by atoms with Gasteiger partial charge in [0.05, 0.1) is 0 Å². The van der Waals surface area contributed by atoms with E-state index in [4.69, 9.17) is 11.6 Å². The molecular weight excluding hydrogens is 479 g/mol. The van der Waals surface area contributed by atoms with E-state index in [1.165, 1.54) is 16.7 Å². The molecule has 0 saturated carbocycles. The van der Waals surface area contributed by atoms with Crippen molar-refractivity contribution in [1.82, 2.24) is 0 Å². The molecule has 0 bridgehead atoms. The van der Waals surface area contributed by atoms with Gasteiger partial charge in [-0.15, -0.1) is 0 Å². The summed E-state index contributed by atoms with van der Waals surface area (Å²) in [6, 6.07) is 14.7. The fraction of sp³-hybridized carbons (Fsp3) is 0.294. The van der Waals surface area contributed by atoms with Crippen molar-refractivity contribution in [2.24, 2.45) is 0 Å². The lowest BCUT2D eigenvalue weighted by Gasteiger charge is -2.32. The van der Waals surface area contributed by atoms with Crippen LogP contribution in [0.2, 0.25) is 5.02 Å². The van der Waals surface area contributed by atoms with Gasteiger partial charge in [0.2, 0.25) is 0 Å². The van der Waals surface area contributed by atoms with Gasteiger partial charge in [-0.3, -0.25) is 0 Å². The van der Waals surface area contributed by atoms with Gasteiger partial charge < -0.3 is 0 Å². The van der Waals surface area contributed by atoms with Crippen LogP contribution in [0.1, 0.15) is 16.7 Å². The van der Waals surface area contributed by atoms with Gasteiger partial charge >= 0.3 is 0 Å². The highest BCUT2D eigenvalue weighted by atomic mass is 79.9. The fourth-order valence-corrected chi connectivity index (χ4v) is 5.24. The lowest BCUT2D eigenvalue weighted by molar-refractivity contribution is 0.548. The Bertz CT molecular complexity index is 621. The van der Waals surface area contributed by atoms with Crippen molar-refractivity contribution in [2.45, 2.75) is 18.8 Å². The van der Waals surface area contributed by atoms with Crippen molar-refractivity contribution in [1.29, 1.82) is 0 Å². The fourth-order valence-electron chi connectivity index (χ4n) is 2.57. The maximum absolute atomic E-state index is 6.42. The molecule has 0 radical (unpaired) electrons. The molecule has 112 valence electrons. The second-order valence-corrected chi connectivity index (χ2v) is 7.72. The Morgan fingerprint density at radius 1 is 1.05 bits per heavy atom. The zero-order chi connectivity index (χ0) is 15.5. The van der Waals surface area contributed by atoms with Crippen LogP contribution in [-0.2, 0) is 11.8 Å². The van der Waals surface area contributed by atoms with Crippen LogP contribution in [0.4, 0.5) is 0 Å². The van der Waals surface area contributed by atoms with Gasteiger partial charge in [0, 0.05) is 25.6 Å². The van der Waals surface area contributed by atoms with Crippen LogP contribution in [0, 0.1) is 6.92 Å². The van der Waals surface area contributed by atoms with Gasteiger partial charge in [0.15, 0.2) is 0 Å². The number of alkyl halides is 2. The van der Waals surface area contributed by atoms with Crippen LogP contribution >= 0.6 is 59.4 Å². The summed E-state index contributed by atoms with van der Waals surface area (Å²) in [5, 5.41) is 2.56. The number of hydrogen-bond donors (Lipinski definition) is 0. The molecule has 0 aliphatic rings. The highest BCUT2D eigenvalue weighted by Crippen LogP contribution is 2.36. The first kappa shape index (κ1) is 17.5. The predicted octanol–water partition coefficient (Wildman–Crippen LogP) is 6.68. The third-order valence-electron chi connectivity index (χ3n) is 3.77. The molecule has 0 aliphatic heterocycles. The molecule has 2 aromatic carbocycles. The van der Waals surface area contributed by atoms with Crippen LogP contribution in [0.15, 0.2) is 46.9 Å². The smallest absolute Gasteiger partial charge is 0.0449 e. The van der Waals surface area contributed by atoms with Gasteiger partial charge in [0.25, 0.3) is 0 Å². The molecule has 0 aliphatic carbocycles. The number of benzene rings is 2. The van der Waals surface area contributed by atoms with Crippen molar-refractivity contribution in [3.05, 3.63) is 68.7 Å². The van der Waals surface area contributed by atoms with E-state index in [0.29, 0.717) is 0 Å². The molecular formula is C17H16Br3Cl. The number of hydrogen-bond acceptors (Lipinski definition) is 0. The van der Waals surface area contributed by atoms with Gasteiger partial charge in [-0.1, -0.05) is 89.7 Å². The van der Waals surface area contributed by atoms with Gasteiger partial charge in [-0.05, 0) is 42.2 Å². The van der Waals surface area contributed by atoms with E-state index in [1.807, 2.05) is 12.1 Å². The standard InChI is InChI=1S/C17H16Br3Cl/c1-12-4-2-3-5-15(12)17(10-18,11-19)9-13-6-7-14(20)8-16(13)21/h2-8H,9-11H2,1H3. The Labute approximate surface area is 156 Å². The molecule has 0 amide bonds. The molecule has 0 N–H and O–H groups in total. The van der Waals surface area contributed by atoms with E-state index in [2.05, 4.69) is 85.0 Å². The van der Waals surface area contributed by atoms with Crippen molar-refractivity contribution in [3.63, 3.8) is 0 Å². The largest absolute Gasteiger partial charge is 0.0918 e. The summed E-state index contributed by atoms with van der Waals surface area (Å²) in [7, 11) is 0. The van der Waals surface area contributed by atoms with E-state index >= 15 is 0 Å². The van der Waals surface area contributed by atoms with E-state index in [0.717, 1.165) is 26.6 Å². The lowest BCUT2D eigenvalue weighted by Crippen LogP contribution is -2.34. The predicted molar refractivity (Wildman–Crippen MR) is 103 cm³/mol. The molecule has 2 aromatic rings. The number of aryl methyl sites for hydroxylation is 1. The highest BCUT2D eigenvalue weighted by Gasteiger charge is 2.32. The summed E-state index contributed by atoms with van der Waals surface area (Å²) >= 11 is 17.3. The molecule has 4 heteroatoms. The zero-order valence-electron chi connectivity index (χ0n) is 11.7. The van der Waals surface area contributed by atoms with E-state index < -0.39 is 0 Å². The Morgan fingerprint density at radius 2 is 1.71 bits per heavy atom. The SMILES string of the molecule is Cc1ccccc1C(CBr)(CBr)Cc1ccc(Br)cc1Cl. The average Bonchev–Trinajstić information content (AvgIpc) is 2.48. The molecule has 0 heterocycles. The monoisotopic (exact) mass is 492 g/mol. The molecule has 0 atom stereocenters. The molecule has 0 unspecified atom stereocenters. The van der Waals surface area contributed by atoms with Gasteiger partial charge in [0.1, 0.15) is 0 Å². The second kappa shape index (κ2) is 7.63. The van der Waals surface area contributed by atoms with Gasteiger partial charge in [-0.25, -0.2) is 0 Å². The topological polar surface area (TPSA) is 0 Å². The van der Waals surface area contributed by atoms with Crippen LogP contribution in [-0.4, -0.2) is 10.7 Å². The van der Waals surface area contributed by atoms with Crippen LogP contribution in [0.25, 0.3) is 0 Å². The maximum Gasteiger partial charge on any atom is 0.0449 e. The average molecular weight is 495 g/mol. The molecule has 21 heavy (non-hydrogen) atoms. The summed E-state index contributed by atoms with van der Waals surface area (Å²) in [6.45, 7) is 2.17. The minimum Gasteiger partial charge on any atom is -0.0918 e. The third kappa shape index (κ3) is 3.93. The van der Waals surface area contributed by atoms with Crippen molar-refractivity contribution in [2.75, 3.05) is 10.7 Å². The van der Waals surface area contributed by atoms with Crippen LogP contribution in [0.3, 0.4) is 0 Å². The Balaban J connectivity index is 2.46. The Morgan fingerprint density at radius 3 is 2.29 bits per heavy atom. The van der Waals surface area contributed by atoms with E-state index in [-0.39, 0.29) is 5.41 Å². The summed E-state index contributed by atoms with van der Waals surface area (Å²) < 4.78 is 1.01. The second-order valence-electron chi connectivity index (χ2n) is 5.28. The van der Waals surface area contributed by atoms with Crippen LogP contribution in [0.5, 0.6) is 0 Å². The quantitative estimate of drug-likeness (QED) is 0.406. The summed E-state index contributed by atoms with van der Waals surface area (Å²) in [6.07, 6.45) is 0.889. The molecule has 0 aromatic heterocycles. The summed E-state index contributed by atoms with van der Waals surface area (Å²) in [4.78, 5) is 0. The summed E-state index contributed by atoms with van der Waals surface area (Å²) in [5.41, 5.74) is 3.83. The number of halogens is 4. The van der Waals surface area contributed by atoms with E-state index in [1.54, 1.807) is 0 Å². The molecule has 2 rings (SSSR count). The normalized spacial score (nSPS) is 11.7. The molecule has 0 saturated heterocycles. The van der Waals surface area contributed by atoms with Gasteiger partial charge in [-0.2, -0.15) is 0 Å². The molecule has 0 fully saturated rings.